The third-order valence-electron chi connectivity index (χ3n) is 9.02. The van der Waals surface area contributed by atoms with Crippen molar-refractivity contribution in [2.24, 2.45) is 0 Å². The van der Waals surface area contributed by atoms with Gasteiger partial charge in [-0.25, -0.2) is 23.7 Å². The first-order chi connectivity index (χ1) is 23.8. The summed E-state index contributed by atoms with van der Waals surface area (Å²) in [7, 11) is 1.88. The minimum absolute atomic E-state index is 0.163. The molecule has 7 rings (SSSR count). The van der Waals surface area contributed by atoms with Crippen LogP contribution in [0.2, 0.25) is 0 Å². The molecule has 12 heteroatoms. The third-order valence-corrected chi connectivity index (χ3v) is 9.02. The Morgan fingerprint density at radius 2 is 1.78 bits per heavy atom. The number of rotatable bonds is 9. The van der Waals surface area contributed by atoms with Crippen molar-refractivity contribution >= 4 is 22.6 Å². The van der Waals surface area contributed by atoms with E-state index in [0.29, 0.717) is 54.7 Å². The van der Waals surface area contributed by atoms with Crippen molar-refractivity contribution in [2.75, 3.05) is 20.2 Å². The van der Waals surface area contributed by atoms with Gasteiger partial charge >= 0.3 is 5.69 Å². The van der Waals surface area contributed by atoms with E-state index in [1.54, 1.807) is 12.3 Å². The summed E-state index contributed by atoms with van der Waals surface area (Å²) in [6.07, 6.45) is 6.60. The smallest absolute Gasteiger partial charge is 0.337 e. The number of ether oxygens (including phenoxy) is 1. The monoisotopic (exact) mass is 661 g/mol. The van der Waals surface area contributed by atoms with Crippen LogP contribution in [0, 0.1) is 12.7 Å². The van der Waals surface area contributed by atoms with Crippen molar-refractivity contribution < 1.29 is 13.9 Å². The lowest BCUT2D eigenvalue weighted by Gasteiger charge is -2.30. The standard InChI is InChI=1S/C37H36FN7O4/c1-23-18-31-34(40-20-23)44(29-5-3-4-25(19-29)24-6-13-30(14-7-24)49-17-16-39-2)37(48)45(36(31)47)28-11-9-27(10-12-28)41-35(46)32-22-43-21-26(38)8-15-33(43)42-32/h3-8,13-15,18-22,27-28,39H,9-12,16-17H2,1-2H3,(H,41,46). The zero-order valence-corrected chi connectivity index (χ0v) is 27.2. The number of amides is 1. The molecule has 1 saturated carbocycles. The largest absolute Gasteiger partial charge is 0.492 e. The van der Waals surface area contributed by atoms with Gasteiger partial charge in [-0.3, -0.25) is 14.2 Å². The number of aromatic nitrogens is 5. The molecular weight excluding hydrogens is 625 g/mol. The molecule has 0 unspecified atom stereocenters. The molecule has 1 fully saturated rings. The number of carbonyl (C=O) groups is 1. The molecular formula is C37H36FN7O4. The molecule has 11 nitrogen and oxygen atoms in total. The fraction of sp³-hybridized carbons (Fsp3) is 0.270. The molecule has 0 bridgehead atoms. The molecule has 1 amide bonds. The van der Waals surface area contributed by atoms with Gasteiger partial charge in [-0.05, 0) is 98.8 Å². The summed E-state index contributed by atoms with van der Waals surface area (Å²) in [6.45, 7) is 3.17. The summed E-state index contributed by atoms with van der Waals surface area (Å²) in [6, 6.07) is 19.5. The number of pyridine rings is 2. The SMILES string of the molecule is CNCCOc1ccc(-c2cccc(-n3c(=O)n(C4CCC(NC(=O)c5cn6cc(F)ccc6n5)CC4)c(=O)c4cc(C)cnc43)c2)cc1. The maximum Gasteiger partial charge on any atom is 0.337 e. The molecule has 1 aliphatic rings. The topological polar surface area (TPSA) is 125 Å². The maximum atomic E-state index is 14.3. The second-order valence-corrected chi connectivity index (χ2v) is 12.4. The highest BCUT2D eigenvalue weighted by Gasteiger charge is 2.28. The molecule has 250 valence electrons. The van der Waals surface area contributed by atoms with Gasteiger partial charge in [-0.2, -0.15) is 0 Å². The molecule has 1 aliphatic carbocycles. The lowest BCUT2D eigenvalue weighted by atomic mass is 9.90. The van der Waals surface area contributed by atoms with Crippen LogP contribution < -0.4 is 26.6 Å². The predicted octanol–water partition coefficient (Wildman–Crippen LogP) is 4.82. The number of hydrogen-bond donors (Lipinski definition) is 2. The van der Waals surface area contributed by atoms with Crippen molar-refractivity contribution in [3.63, 3.8) is 0 Å². The van der Waals surface area contributed by atoms with E-state index >= 15 is 0 Å². The normalized spacial score (nSPS) is 16.2. The Morgan fingerprint density at radius 1 is 0.980 bits per heavy atom. The third kappa shape index (κ3) is 6.47. The van der Waals surface area contributed by atoms with E-state index in [1.807, 2.05) is 62.5 Å². The highest BCUT2D eigenvalue weighted by Crippen LogP contribution is 2.29. The molecule has 0 saturated heterocycles. The zero-order chi connectivity index (χ0) is 34.1. The summed E-state index contributed by atoms with van der Waals surface area (Å²) in [5, 5.41) is 6.45. The van der Waals surface area contributed by atoms with Crippen LogP contribution in [-0.4, -0.2) is 55.7 Å². The average Bonchev–Trinajstić information content (AvgIpc) is 3.54. The van der Waals surface area contributed by atoms with Crippen molar-refractivity contribution in [1.29, 1.82) is 0 Å². The Balaban J connectivity index is 1.16. The Bertz CT molecular complexity index is 2290. The van der Waals surface area contributed by atoms with Gasteiger partial charge in [-0.15, -0.1) is 0 Å². The Morgan fingerprint density at radius 3 is 2.55 bits per heavy atom. The highest BCUT2D eigenvalue weighted by molar-refractivity contribution is 5.93. The minimum Gasteiger partial charge on any atom is -0.492 e. The molecule has 2 N–H and O–H groups in total. The van der Waals surface area contributed by atoms with Gasteiger partial charge in [-0.1, -0.05) is 24.3 Å². The minimum atomic E-state index is -0.455. The summed E-state index contributed by atoms with van der Waals surface area (Å²) < 4.78 is 23.7. The van der Waals surface area contributed by atoms with Crippen LogP contribution in [0.3, 0.4) is 0 Å². The van der Waals surface area contributed by atoms with E-state index in [4.69, 9.17) is 4.74 Å². The number of nitrogens with zero attached hydrogens (tertiary/aromatic N) is 5. The van der Waals surface area contributed by atoms with Gasteiger partial charge in [0.1, 0.15) is 29.5 Å². The maximum absolute atomic E-state index is 14.3. The Hall–Kier alpha value is -5.62. The van der Waals surface area contributed by atoms with E-state index in [0.717, 1.165) is 29.0 Å². The molecule has 49 heavy (non-hydrogen) atoms. The van der Waals surface area contributed by atoms with E-state index in [2.05, 4.69) is 20.6 Å². The van der Waals surface area contributed by atoms with Crippen LogP contribution in [-0.2, 0) is 0 Å². The van der Waals surface area contributed by atoms with Crippen molar-refractivity contribution in [2.45, 2.75) is 44.7 Å². The fourth-order valence-corrected chi connectivity index (χ4v) is 6.52. The Kier molecular flexibility index (Phi) is 8.79. The lowest BCUT2D eigenvalue weighted by molar-refractivity contribution is 0.0917. The Labute approximate surface area is 281 Å². The van der Waals surface area contributed by atoms with E-state index in [1.165, 1.54) is 38.1 Å². The number of benzene rings is 2. The van der Waals surface area contributed by atoms with Gasteiger partial charge in [0.25, 0.3) is 11.5 Å². The first-order valence-electron chi connectivity index (χ1n) is 16.4. The van der Waals surface area contributed by atoms with Crippen molar-refractivity contribution in [1.82, 2.24) is 34.1 Å². The van der Waals surface area contributed by atoms with Gasteiger partial charge in [0.05, 0.1) is 11.1 Å². The van der Waals surface area contributed by atoms with Gasteiger partial charge in [0.15, 0.2) is 5.65 Å². The fourth-order valence-electron chi connectivity index (χ4n) is 6.52. The van der Waals surface area contributed by atoms with E-state index < -0.39 is 11.5 Å². The summed E-state index contributed by atoms with van der Waals surface area (Å²) >= 11 is 0. The molecule has 6 aromatic rings. The van der Waals surface area contributed by atoms with Gasteiger partial charge in [0, 0.05) is 37.2 Å². The first-order valence-corrected chi connectivity index (χ1v) is 16.4. The second kappa shape index (κ2) is 13.5. The van der Waals surface area contributed by atoms with Crippen LogP contribution in [0.25, 0.3) is 33.5 Å². The number of hydrogen-bond acceptors (Lipinski definition) is 7. The molecule has 4 heterocycles. The van der Waals surface area contributed by atoms with Crippen LogP contribution in [0.15, 0.2) is 94.9 Å². The lowest BCUT2D eigenvalue weighted by Crippen LogP contribution is -2.45. The van der Waals surface area contributed by atoms with Gasteiger partial charge < -0.3 is 19.8 Å². The van der Waals surface area contributed by atoms with E-state index in [-0.39, 0.29) is 29.2 Å². The number of fused-ring (bicyclic) bond motifs is 2. The number of carbonyl (C=O) groups excluding carboxylic acids is 1. The molecule has 0 spiro atoms. The first kappa shape index (κ1) is 32.0. The van der Waals surface area contributed by atoms with Crippen molar-refractivity contribution in [3.05, 3.63) is 123 Å². The summed E-state index contributed by atoms with van der Waals surface area (Å²) in [5.41, 5.74) is 3.40. The molecule has 2 aromatic carbocycles. The summed E-state index contributed by atoms with van der Waals surface area (Å²) in [5.74, 6) is -0.00576. The molecule has 0 radical (unpaired) electrons. The number of nitrogens with one attached hydrogen (secondary N) is 2. The summed E-state index contributed by atoms with van der Waals surface area (Å²) in [4.78, 5) is 50.1. The number of likely N-dealkylation sites (N-methyl/N-ethyl adjacent to an activating group) is 1. The number of aryl methyl sites for hydroxylation is 1. The quantitative estimate of drug-likeness (QED) is 0.213. The molecule has 0 aliphatic heterocycles. The predicted molar refractivity (Wildman–Crippen MR) is 185 cm³/mol. The number of imidazole rings is 1. The van der Waals surface area contributed by atoms with Gasteiger partial charge in [0.2, 0.25) is 0 Å². The zero-order valence-electron chi connectivity index (χ0n) is 27.2. The highest BCUT2D eigenvalue weighted by atomic mass is 19.1. The van der Waals surface area contributed by atoms with Crippen LogP contribution in [0.4, 0.5) is 4.39 Å². The molecule has 0 atom stereocenters. The van der Waals surface area contributed by atoms with Crippen LogP contribution >= 0.6 is 0 Å². The average molecular weight is 662 g/mol. The number of halogens is 1. The second-order valence-electron chi connectivity index (χ2n) is 12.4. The molecule has 4 aromatic heterocycles. The van der Waals surface area contributed by atoms with Crippen LogP contribution in [0.1, 0.15) is 47.8 Å². The van der Waals surface area contributed by atoms with Crippen LogP contribution in [0.5, 0.6) is 5.75 Å². The van der Waals surface area contributed by atoms with Crippen molar-refractivity contribution in [3.8, 4) is 22.6 Å². The van der Waals surface area contributed by atoms with E-state index in [9.17, 15) is 18.8 Å².